The smallest absolute Gasteiger partial charge is 0.123 e. The molecular weight excluding hydrogens is 323 g/mol. The van der Waals surface area contributed by atoms with Gasteiger partial charge in [0, 0.05) is 31.5 Å². The maximum absolute atomic E-state index is 13.7. The van der Waals surface area contributed by atoms with Crippen molar-refractivity contribution < 1.29 is 4.39 Å². The Bertz CT molecular complexity index is 912. The zero-order chi connectivity index (χ0) is 18.1. The molecule has 1 aliphatic heterocycles. The summed E-state index contributed by atoms with van der Waals surface area (Å²) in [6.07, 6.45) is 3.27. The first-order valence-corrected chi connectivity index (χ1v) is 9.32. The zero-order valence-corrected chi connectivity index (χ0v) is 15.5. The van der Waals surface area contributed by atoms with Crippen molar-refractivity contribution in [2.24, 2.45) is 0 Å². The summed E-state index contributed by atoms with van der Waals surface area (Å²) in [5, 5.41) is 0. The van der Waals surface area contributed by atoms with Gasteiger partial charge in [-0.15, -0.1) is 0 Å². The highest BCUT2D eigenvalue weighted by molar-refractivity contribution is 5.38. The van der Waals surface area contributed by atoms with Crippen LogP contribution in [0.4, 0.5) is 4.39 Å². The van der Waals surface area contributed by atoms with Crippen LogP contribution in [0, 0.1) is 19.7 Å². The minimum absolute atomic E-state index is 0.163. The quantitative estimate of drug-likeness (QED) is 0.628. The highest BCUT2D eigenvalue weighted by Gasteiger charge is 2.28. The lowest BCUT2D eigenvalue weighted by Gasteiger charge is -2.32. The number of aryl methyl sites for hydroxylation is 3. The third kappa shape index (κ3) is 3.32. The molecule has 4 rings (SSSR count). The van der Waals surface area contributed by atoms with E-state index < -0.39 is 0 Å². The Morgan fingerprint density at radius 1 is 1.00 bits per heavy atom. The van der Waals surface area contributed by atoms with Gasteiger partial charge in [-0.05, 0) is 61.2 Å². The predicted octanol–water partition coefficient (Wildman–Crippen LogP) is 5.24. The van der Waals surface area contributed by atoms with Gasteiger partial charge in [-0.1, -0.05) is 35.9 Å². The first-order valence-electron chi connectivity index (χ1n) is 9.32. The molecule has 0 fully saturated rings. The van der Waals surface area contributed by atoms with Crippen molar-refractivity contribution in [3.05, 3.63) is 94.6 Å². The van der Waals surface area contributed by atoms with Crippen LogP contribution in [-0.2, 0) is 13.1 Å². The van der Waals surface area contributed by atoms with Gasteiger partial charge in [-0.2, -0.15) is 0 Å². The number of fused-ring (bicyclic) bond motifs is 1. The molecule has 1 aromatic heterocycles. The van der Waals surface area contributed by atoms with Gasteiger partial charge < -0.3 is 4.57 Å². The Labute approximate surface area is 154 Å². The molecule has 0 saturated heterocycles. The molecule has 0 bridgehead atoms. The third-order valence-electron chi connectivity index (χ3n) is 5.35. The molecule has 3 aromatic rings. The van der Waals surface area contributed by atoms with E-state index in [1.165, 1.54) is 28.5 Å². The second-order valence-corrected chi connectivity index (χ2v) is 7.34. The Morgan fingerprint density at radius 3 is 2.69 bits per heavy atom. The second kappa shape index (κ2) is 7.08. The monoisotopic (exact) mass is 348 g/mol. The molecule has 2 aromatic carbocycles. The molecule has 2 heterocycles. The fourth-order valence-corrected chi connectivity index (χ4v) is 4.17. The van der Waals surface area contributed by atoms with E-state index in [4.69, 9.17) is 0 Å². The summed E-state index contributed by atoms with van der Waals surface area (Å²) in [7, 11) is 0. The normalized spacial score (nSPS) is 17.7. The van der Waals surface area contributed by atoms with Crippen LogP contribution in [-0.4, -0.2) is 16.0 Å². The molecule has 0 aliphatic carbocycles. The molecule has 0 N–H and O–H groups in total. The standard InChI is InChI=1S/C23H25FN2/c1-17-9-10-21(18(2)14-17)23-22-8-4-11-25(22)12-5-13-26(23)16-19-6-3-7-20(24)15-19/h3-4,6-11,14-15,23H,5,12-13,16H2,1-2H3/t23-/m0/s1. The molecule has 0 amide bonds. The van der Waals surface area contributed by atoms with E-state index in [2.05, 4.69) is 59.8 Å². The molecule has 1 atom stereocenters. The van der Waals surface area contributed by atoms with Crippen molar-refractivity contribution in [1.29, 1.82) is 0 Å². The van der Waals surface area contributed by atoms with Crippen LogP contribution in [0.1, 0.15) is 40.4 Å². The first kappa shape index (κ1) is 17.0. The molecule has 2 nitrogen and oxygen atoms in total. The van der Waals surface area contributed by atoms with Crippen LogP contribution in [0.15, 0.2) is 60.8 Å². The zero-order valence-electron chi connectivity index (χ0n) is 15.5. The summed E-state index contributed by atoms with van der Waals surface area (Å²) in [6.45, 7) is 7.11. The van der Waals surface area contributed by atoms with Crippen LogP contribution in [0.25, 0.3) is 0 Å². The topological polar surface area (TPSA) is 8.17 Å². The van der Waals surface area contributed by atoms with Crippen LogP contribution < -0.4 is 0 Å². The van der Waals surface area contributed by atoms with Crippen LogP contribution in [0.3, 0.4) is 0 Å². The fraction of sp³-hybridized carbons (Fsp3) is 0.304. The van der Waals surface area contributed by atoms with E-state index in [1.807, 2.05) is 6.07 Å². The van der Waals surface area contributed by atoms with Gasteiger partial charge in [0.05, 0.1) is 6.04 Å². The minimum Gasteiger partial charge on any atom is -0.350 e. The van der Waals surface area contributed by atoms with Gasteiger partial charge in [0.2, 0.25) is 0 Å². The Kier molecular flexibility index (Phi) is 4.64. The van der Waals surface area contributed by atoms with Crippen molar-refractivity contribution in [2.45, 2.75) is 39.4 Å². The molecule has 26 heavy (non-hydrogen) atoms. The molecular formula is C23H25FN2. The number of rotatable bonds is 3. The second-order valence-electron chi connectivity index (χ2n) is 7.34. The Hall–Kier alpha value is -2.39. The number of hydrogen-bond donors (Lipinski definition) is 0. The highest BCUT2D eigenvalue weighted by atomic mass is 19.1. The lowest BCUT2D eigenvalue weighted by Crippen LogP contribution is -2.30. The average molecular weight is 348 g/mol. The predicted molar refractivity (Wildman–Crippen MR) is 104 cm³/mol. The van der Waals surface area contributed by atoms with Gasteiger partial charge in [-0.25, -0.2) is 4.39 Å². The Balaban J connectivity index is 1.78. The highest BCUT2D eigenvalue weighted by Crippen LogP contribution is 2.35. The molecule has 0 saturated carbocycles. The summed E-state index contributed by atoms with van der Waals surface area (Å²) in [5.41, 5.74) is 6.29. The van der Waals surface area contributed by atoms with Gasteiger partial charge >= 0.3 is 0 Å². The van der Waals surface area contributed by atoms with E-state index in [1.54, 1.807) is 12.1 Å². The third-order valence-corrected chi connectivity index (χ3v) is 5.35. The number of halogens is 1. The number of hydrogen-bond acceptors (Lipinski definition) is 1. The number of nitrogens with zero attached hydrogens (tertiary/aromatic N) is 2. The van der Waals surface area contributed by atoms with Crippen molar-refractivity contribution >= 4 is 0 Å². The van der Waals surface area contributed by atoms with Gasteiger partial charge in [0.15, 0.2) is 0 Å². The largest absolute Gasteiger partial charge is 0.350 e. The average Bonchev–Trinajstić information content (AvgIpc) is 2.98. The fourth-order valence-electron chi connectivity index (χ4n) is 4.17. The van der Waals surface area contributed by atoms with Crippen molar-refractivity contribution in [3.8, 4) is 0 Å². The molecule has 3 heteroatoms. The Morgan fingerprint density at radius 2 is 1.88 bits per heavy atom. The van der Waals surface area contributed by atoms with Crippen LogP contribution in [0.2, 0.25) is 0 Å². The van der Waals surface area contributed by atoms with E-state index in [9.17, 15) is 4.39 Å². The molecule has 134 valence electrons. The van der Waals surface area contributed by atoms with Gasteiger partial charge in [-0.3, -0.25) is 4.90 Å². The van der Waals surface area contributed by atoms with Gasteiger partial charge in [0.25, 0.3) is 0 Å². The SMILES string of the molecule is Cc1ccc([C@H]2c3cccn3CCCN2Cc2cccc(F)c2)c(C)c1. The van der Waals surface area contributed by atoms with Crippen molar-refractivity contribution in [1.82, 2.24) is 9.47 Å². The maximum Gasteiger partial charge on any atom is 0.123 e. The first-order chi connectivity index (χ1) is 12.6. The summed E-state index contributed by atoms with van der Waals surface area (Å²) in [6, 6.07) is 18.3. The molecule has 0 spiro atoms. The minimum atomic E-state index is -0.163. The maximum atomic E-state index is 13.7. The lowest BCUT2D eigenvalue weighted by molar-refractivity contribution is 0.219. The molecule has 0 radical (unpaired) electrons. The lowest BCUT2D eigenvalue weighted by atomic mass is 9.95. The number of aromatic nitrogens is 1. The molecule has 1 aliphatic rings. The summed E-state index contributed by atoms with van der Waals surface area (Å²) in [5.74, 6) is -0.163. The van der Waals surface area contributed by atoms with E-state index in [-0.39, 0.29) is 11.9 Å². The van der Waals surface area contributed by atoms with Crippen molar-refractivity contribution in [2.75, 3.05) is 6.54 Å². The summed E-state index contributed by atoms with van der Waals surface area (Å²) in [4.78, 5) is 2.49. The van der Waals surface area contributed by atoms with Crippen molar-refractivity contribution in [3.63, 3.8) is 0 Å². The van der Waals surface area contributed by atoms with E-state index >= 15 is 0 Å². The summed E-state index contributed by atoms with van der Waals surface area (Å²) >= 11 is 0. The van der Waals surface area contributed by atoms with Gasteiger partial charge in [0.1, 0.15) is 5.82 Å². The van der Waals surface area contributed by atoms with E-state index in [0.29, 0.717) is 0 Å². The molecule has 0 unspecified atom stereocenters. The van der Waals surface area contributed by atoms with Crippen LogP contribution >= 0.6 is 0 Å². The summed E-state index contributed by atoms with van der Waals surface area (Å²) < 4.78 is 16.1. The van der Waals surface area contributed by atoms with Crippen LogP contribution in [0.5, 0.6) is 0 Å². The van der Waals surface area contributed by atoms with E-state index in [0.717, 1.165) is 31.6 Å². The number of benzene rings is 2.